The molecule has 2 aromatic carbocycles. The van der Waals surface area contributed by atoms with Crippen LogP contribution in [0.2, 0.25) is 0 Å². The molecular weight excluding hydrogens is 420 g/mol. The first-order valence-corrected chi connectivity index (χ1v) is 10.7. The van der Waals surface area contributed by atoms with Gasteiger partial charge in [0.25, 0.3) is 0 Å². The second-order valence-corrected chi connectivity index (χ2v) is 10.4. The Hall–Kier alpha value is -2.42. The van der Waals surface area contributed by atoms with Crippen molar-refractivity contribution in [3.8, 4) is 0 Å². The number of benzene rings is 2. The molecule has 0 saturated heterocycles. The van der Waals surface area contributed by atoms with Crippen molar-refractivity contribution in [2.45, 2.75) is 49.3 Å². The molecule has 0 spiro atoms. The summed E-state index contributed by atoms with van der Waals surface area (Å²) in [4.78, 5) is 0. The molecule has 0 aliphatic carbocycles. The van der Waals surface area contributed by atoms with E-state index < -0.39 is 49.1 Å². The second kappa shape index (κ2) is 8.37. The highest BCUT2D eigenvalue weighted by Crippen LogP contribution is 2.36. The summed E-state index contributed by atoms with van der Waals surface area (Å²) in [5.74, 6) is -2.11. The number of sulfone groups is 1. The topological polar surface area (TPSA) is 84.0 Å². The number of alkyl halides is 3. The summed E-state index contributed by atoms with van der Waals surface area (Å²) in [6.45, 7) is 4.03. The fraction of sp³-hybridized carbons (Fsp3) is 0.381. The van der Waals surface area contributed by atoms with Crippen LogP contribution in [-0.4, -0.2) is 24.3 Å². The van der Waals surface area contributed by atoms with E-state index in [1.807, 2.05) is 0 Å². The normalized spacial score (nSPS) is 14.9. The van der Waals surface area contributed by atoms with Gasteiger partial charge in [-0.15, -0.1) is 0 Å². The van der Waals surface area contributed by atoms with E-state index in [1.165, 1.54) is 51.1 Å². The molecule has 164 valence electrons. The minimum atomic E-state index is -4.58. The number of rotatable bonds is 7. The van der Waals surface area contributed by atoms with E-state index in [2.05, 4.69) is 0 Å². The molecule has 0 fully saturated rings. The molecule has 2 atom stereocenters. The second-order valence-electron chi connectivity index (χ2n) is 7.72. The highest BCUT2D eigenvalue weighted by molar-refractivity contribution is 7.94. The van der Waals surface area contributed by atoms with E-state index in [0.29, 0.717) is 0 Å². The third-order valence-electron chi connectivity index (χ3n) is 5.40. The molecule has 0 aromatic heterocycles. The van der Waals surface area contributed by atoms with Crippen LogP contribution < -0.4 is 5.73 Å². The van der Waals surface area contributed by atoms with Crippen LogP contribution in [-0.2, 0) is 22.4 Å². The Morgan fingerprint density at radius 1 is 1.10 bits per heavy atom. The fourth-order valence-corrected chi connectivity index (χ4v) is 5.40. The zero-order valence-electron chi connectivity index (χ0n) is 16.8. The quantitative estimate of drug-likeness (QED) is 0.369. The van der Waals surface area contributed by atoms with Gasteiger partial charge in [-0.05, 0) is 43.5 Å². The predicted octanol–water partition coefficient (Wildman–Crippen LogP) is 4.69. The van der Waals surface area contributed by atoms with Gasteiger partial charge in [0, 0.05) is 5.92 Å². The van der Waals surface area contributed by atoms with Crippen molar-refractivity contribution in [3.63, 3.8) is 0 Å². The number of halogens is 4. The standard InChI is InChI=1S/C21H24F4N2O2S/c1-13(16-9-4-5-10-17(16)22)18(30(28,29)20(2,3)19(26)27)12-14-7-6-8-15(11-14)21(23,24)25/h4-11,13,18H,12H2,1-3H3,(H3,26,27)/t13-,18-/m0/s1. The summed E-state index contributed by atoms with van der Waals surface area (Å²) >= 11 is 0. The largest absolute Gasteiger partial charge is 0.416 e. The lowest BCUT2D eigenvalue weighted by molar-refractivity contribution is -0.137. The molecule has 2 aromatic rings. The van der Waals surface area contributed by atoms with Crippen LogP contribution in [0.3, 0.4) is 0 Å². The van der Waals surface area contributed by atoms with Gasteiger partial charge in [0.05, 0.1) is 10.8 Å². The third kappa shape index (κ3) is 4.66. The lowest BCUT2D eigenvalue weighted by atomic mass is 9.92. The summed E-state index contributed by atoms with van der Waals surface area (Å²) in [5, 5.41) is 6.40. The van der Waals surface area contributed by atoms with Crippen molar-refractivity contribution >= 4 is 15.7 Å². The summed E-state index contributed by atoms with van der Waals surface area (Å²) < 4.78 is 78.8. The Balaban J connectivity index is 2.60. The van der Waals surface area contributed by atoms with Crippen molar-refractivity contribution < 1.29 is 26.0 Å². The molecule has 0 bridgehead atoms. The maximum atomic E-state index is 14.4. The summed E-state index contributed by atoms with van der Waals surface area (Å²) in [6, 6.07) is 10.0. The van der Waals surface area contributed by atoms with E-state index >= 15 is 0 Å². The molecule has 2 rings (SSSR count). The highest BCUT2D eigenvalue weighted by atomic mass is 32.2. The Labute approximate surface area is 173 Å². The molecule has 0 radical (unpaired) electrons. The van der Waals surface area contributed by atoms with Gasteiger partial charge in [0.2, 0.25) is 0 Å². The summed E-state index contributed by atoms with van der Waals surface area (Å²) in [5.41, 5.74) is 4.88. The highest BCUT2D eigenvalue weighted by Gasteiger charge is 2.46. The maximum Gasteiger partial charge on any atom is 0.416 e. The van der Waals surface area contributed by atoms with Gasteiger partial charge in [-0.2, -0.15) is 13.2 Å². The first-order valence-electron chi connectivity index (χ1n) is 9.18. The van der Waals surface area contributed by atoms with Gasteiger partial charge in [-0.3, -0.25) is 5.41 Å². The first-order chi connectivity index (χ1) is 13.7. The maximum absolute atomic E-state index is 14.4. The molecule has 0 amide bonds. The Kier molecular flexibility index (Phi) is 6.66. The minimum Gasteiger partial charge on any atom is -0.386 e. The van der Waals surface area contributed by atoms with Crippen molar-refractivity contribution in [2.75, 3.05) is 0 Å². The van der Waals surface area contributed by atoms with E-state index in [0.717, 1.165) is 12.1 Å². The van der Waals surface area contributed by atoms with Crippen LogP contribution in [0.15, 0.2) is 48.5 Å². The van der Waals surface area contributed by atoms with Gasteiger partial charge in [-0.25, -0.2) is 12.8 Å². The number of nitrogens with one attached hydrogen (secondary N) is 1. The van der Waals surface area contributed by atoms with Crippen LogP contribution in [0.1, 0.15) is 43.4 Å². The van der Waals surface area contributed by atoms with Gasteiger partial charge in [-0.1, -0.05) is 43.3 Å². The van der Waals surface area contributed by atoms with Crippen LogP contribution >= 0.6 is 0 Å². The smallest absolute Gasteiger partial charge is 0.386 e. The molecule has 0 saturated carbocycles. The van der Waals surface area contributed by atoms with E-state index in [1.54, 1.807) is 6.07 Å². The molecular formula is C21H24F4N2O2S. The van der Waals surface area contributed by atoms with E-state index in [4.69, 9.17) is 11.1 Å². The van der Waals surface area contributed by atoms with Crippen molar-refractivity contribution in [3.05, 3.63) is 71.0 Å². The number of nitrogens with two attached hydrogens (primary N) is 1. The van der Waals surface area contributed by atoms with Gasteiger partial charge in [0.15, 0.2) is 9.84 Å². The molecule has 9 heteroatoms. The van der Waals surface area contributed by atoms with Crippen LogP contribution in [0, 0.1) is 11.2 Å². The van der Waals surface area contributed by atoms with Crippen molar-refractivity contribution in [2.24, 2.45) is 5.73 Å². The van der Waals surface area contributed by atoms with Crippen LogP contribution in [0.5, 0.6) is 0 Å². The lowest BCUT2D eigenvalue weighted by Crippen LogP contribution is -2.51. The van der Waals surface area contributed by atoms with Crippen molar-refractivity contribution in [1.29, 1.82) is 5.41 Å². The Morgan fingerprint density at radius 3 is 2.23 bits per heavy atom. The Morgan fingerprint density at radius 2 is 1.70 bits per heavy atom. The fourth-order valence-electron chi connectivity index (χ4n) is 3.24. The molecule has 0 heterocycles. The zero-order chi connectivity index (χ0) is 22.9. The molecule has 4 nitrogen and oxygen atoms in total. The van der Waals surface area contributed by atoms with E-state index in [9.17, 15) is 26.0 Å². The predicted molar refractivity (Wildman–Crippen MR) is 109 cm³/mol. The van der Waals surface area contributed by atoms with Gasteiger partial charge in [0.1, 0.15) is 16.4 Å². The zero-order valence-corrected chi connectivity index (χ0v) is 17.6. The molecule has 0 aliphatic heterocycles. The third-order valence-corrected chi connectivity index (χ3v) is 8.42. The monoisotopic (exact) mass is 444 g/mol. The number of amidine groups is 1. The van der Waals surface area contributed by atoms with Gasteiger partial charge < -0.3 is 5.73 Å². The SMILES string of the molecule is C[C@@H](c1ccccc1F)[C@H](Cc1cccc(C(F)(F)F)c1)S(=O)(=O)C(C)(C)C(=N)N. The number of hydrogen-bond acceptors (Lipinski definition) is 3. The number of hydrogen-bond donors (Lipinski definition) is 2. The summed E-state index contributed by atoms with van der Waals surface area (Å²) in [7, 11) is -4.21. The molecule has 0 unspecified atom stereocenters. The van der Waals surface area contributed by atoms with Crippen molar-refractivity contribution in [1.82, 2.24) is 0 Å². The summed E-state index contributed by atoms with van der Waals surface area (Å²) in [6.07, 6.45) is -4.88. The Bertz CT molecular complexity index is 1030. The van der Waals surface area contributed by atoms with Gasteiger partial charge >= 0.3 is 6.18 Å². The van der Waals surface area contributed by atoms with Crippen LogP contribution in [0.4, 0.5) is 17.6 Å². The first kappa shape index (κ1) is 23.9. The van der Waals surface area contributed by atoms with Crippen LogP contribution in [0.25, 0.3) is 0 Å². The molecule has 30 heavy (non-hydrogen) atoms. The lowest BCUT2D eigenvalue weighted by Gasteiger charge is -2.33. The average molecular weight is 444 g/mol. The minimum absolute atomic E-state index is 0.123. The van der Waals surface area contributed by atoms with E-state index in [-0.39, 0.29) is 17.5 Å². The molecule has 0 aliphatic rings. The average Bonchev–Trinajstić information content (AvgIpc) is 2.65. The molecule has 3 N–H and O–H groups in total.